The van der Waals surface area contributed by atoms with Crippen LogP contribution in [0.5, 0.6) is 11.5 Å². The van der Waals surface area contributed by atoms with Crippen LogP contribution in [0.4, 0.5) is 0 Å². The summed E-state index contributed by atoms with van der Waals surface area (Å²) in [7, 11) is 0. The van der Waals surface area contributed by atoms with E-state index in [1.807, 2.05) is 42.5 Å². The summed E-state index contributed by atoms with van der Waals surface area (Å²) in [5, 5.41) is 8.54. The van der Waals surface area contributed by atoms with Crippen molar-refractivity contribution in [3.63, 3.8) is 0 Å². The molecule has 50 heavy (non-hydrogen) atoms. The van der Waals surface area contributed by atoms with Crippen LogP contribution in [-0.2, 0) is 0 Å². The van der Waals surface area contributed by atoms with Crippen LogP contribution >= 0.6 is 0 Å². The van der Waals surface area contributed by atoms with E-state index < -0.39 is 0 Å². The second-order valence-corrected chi connectivity index (χ2v) is 14.0. The van der Waals surface area contributed by atoms with E-state index in [0.717, 1.165) is 109 Å². The van der Waals surface area contributed by atoms with Gasteiger partial charge in [0.2, 0.25) is 0 Å². The molecule has 2 aliphatic rings. The number of ether oxygens (including phenoxy) is 2. The zero-order chi connectivity index (χ0) is 33.9. The second kappa shape index (κ2) is 12.3. The Balaban J connectivity index is 1.27. The van der Waals surface area contributed by atoms with Gasteiger partial charge >= 0.3 is 0 Å². The van der Waals surface area contributed by atoms with Gasteiger partial charge in [0.25, 0.3) is 0 Å². The Morgan fingerprint density at radius 2 is 0.920 bits per heavy atom. The van der Waals surface area contributed by atoms with Gasteiger partial charge in [0.05, 0.1) is 13.2 Å². The minimum absolute atomic E-state index is 0.0137. The number of rotatable bonds is 12. The molecule has 0 aliphatic heterocycles. The molecular weight excluding hydrogens is 617 g/mol. The van der Waals surface area contributed by atoms with E-state index in [1.54, 1.807) is 0 Å². The number of carbonyl (C=O) groups is 2. The van der Waals surface area contributed by atoms with Crippen molar-refractivity contribution in [2.75, 3.05) is 13.2 Å². The first-order chi connectivity index (χ1) is 24.6. The predicted molar refractivity (Wildman–Crippen MR) is 205 cm³/mol. The summed E-state index contributed by atoms with van der Waals surface area (Å²) in [5.74, 6) is 1.48. The number of ketones is 2. The molecule has 0 N–H and O–H groups in total. The minimum Gasteiger partial charge on any atom is -0.490 e. The largest absolute Gasteiger partial charge is 0.490 e. The highest BCUT2D eigenvalue weighted by Crippen LogP contribution is 2.53. The van der Waals surface area contributed by atoms with Crippen LogP contribution in [0.25, 0.3) is 65.3 Å². The Kier molecular flexibility index (Phi) is 7.57. The fourth-order valence-corrected chi connectivity index (χ4v) is 8.60. The van der Waals surface area contributed by atoms with Crippen LogP contribution in [0.15, 0.2) is 84.9 Å². The molecule has 0 spiro atoms. The molecule has 4 heteroatoms. The van der Waals surface area contributed by atoms with Crippen LogP contribution in [-0.4, -0.2) is 24.8 Å². The average Bonchev–Trinajstić information content (AvgIpc) is 3.15. The summed E-state index contributed by atoms with van der Waals surface area (Å²) in [5.41, 5.74) is 6.81. The lowest BCUT2D eigenvalue weighted by molar-refractivity contribution is 0.103. The van der Waals surface area contributed by atoms with Crippen molar-refractivity contribution < 1.29 is 19.1 Å². The summed E-state index contributed by atoms with van der Waals surface area (Å²) in [6, 6.07) is 28.8. The Labute approximate surface area is 292 Å². The fraction of sp³-hybridized carbons (Fsp3) is 0.261. The van der Waals surface area contributed by atoms with E-state index in [-0.39, 0.29) is 11.6 Å². The van der Waals surface area contributed by atoms with Gasteiger partial charge in [-0.25, -0.2) is 0 Å². The first-order valence-electron chi connectivity index (χ1n) is 18.4. The summed E-state index contributed by atoms with van der Waals surface area (Å²) < 4.78 is 13.1. The minimum atomic E-state index is 0.0137. The Morgan fingerprint density at radius 1 is 0.420 bits per heavy atom. The van der Waals surface area contributed by atoms with E-state index in [0.29, 0.717) is 35.8 Å². The molecule has 0 heterocycles. The van der Waals surface area contributed by atoms with Crippen molar-refractivity contribution >= 4 is 54.7 Å². The highest BCUT2D eigenvalue weighted by Gasteiger charge is 2.33. The Hall–Kier alpha value is -5.22. The lowest BCUT2D eigenvalue weighted by Crippen LogP contribution is -2.13. The molecule has 0 fully saturated rings. The third-order valence-corrected chi connectivity index (χ3v) is 11.0. The van der Waals surface area contributed by atoms with Gasteiger partial charge in [0.1, 0.15) is 0 Å². The Morgan fingerprint density at radius 3 is 1.54 bits per heavy atom. The smallest absolute Gasteiger partial charge is 0.194 e. The number of carbonyl (C=O) groups excluding carboxylic acids is 2. The fourth-order valence-electron chi connectivity index (χ4n) is 8.60. The molecule has 0 saturated heterocycles. The molecule has 0 amide bonds. The van der Waals surface area contributed by atoms with E-state index in [2.05, 4.69) is 56.3 Å². The maximum absolute atomic E-state index is 14.4. The van der Waals surface area contributed by atoms with Gasteiger partial charge in [-0.3, -0.25) is 9.59 Å². The number of hydrogen-bond donors (Lipinski definition) is 0. The van der Waals surface area contributed by atoms with E-state index in [4.69, 9.17) is 9.47 Å². The summed E-state index contributed by atoms with van der Waals surface area (Å²) in [4.78, 5) is 28.2. The summed E-state index contributed by atoms with van der Waals surface area (Å²) >= 11 is 0. The lowest BCUT2D eigenvalue weighted by Gasteiger charge is -2.27. The SMILES string of the molecule is CCCCCCOc1ccc2c(c1OCCCCCC)-c1ccc3c4ccc5c6c(ccc(c7ccc(c1c73)C2=O)c64)C(=O)c1ccccc1-5. The number of hydrogen-bond acceptors (Lipinski definition) is 4. The molecule has 2 aliphatic carbocycles. The molecule has 7 aromatic carbocycles. The van der Waals surface area contributed by atoms with Crippen molar-refractivity contribution in [2.24, 2.45) is 0 Å². The molecule has 248 valence electrons. The number of benzene rings is 7. The lowest BCUT2D eigenvalue weighted by atomic mass is 9.76. The molecule has 7 aromatic rings. The van der Waals surface area contributed by atoms with Gasteiger partial charge in [-0.1, -0.05) is 113 Å². The van der Waals surface area contributed by atoms with Crippen LogP contribution in [0.3, 0.4) is 0 Å². The van der Waals surface area contributed by atoms with Crippen LogP contribution < -0.4 is 9.47 Å². The van der Waals surface area contributed by atoms with Crippen LogP contribution in [0.2, 0.25) is 0 Å². The molecular formula is C46H40O4. The van der Waals surface area contributed by atoms with Crippen molar-refractivity contribution in [2.45, 2.75) is 65.2 Å². The quantitative estimate of drug-likeness (QED) is 0.0746. The molecule has 0 atom stereocenters. The zero-order valence-corrected chi connectivity index (χ0v) is 28.8. The van der Waals surface area contributed by atoms with Crippen molar-refractivity contribution in [3.8, 4) is 33.8 Å². The first kappa shape index (κ1) is 30.8. The average molecular weight is 657 g/mol. The molecule has 0 saturated carbocycles. The van der Waals surface area contributed by atoms with Gasteiger partial charge in [-0.05, 0) is 86.1 Å². The number of unbranched alkanes of at least 4 members (excludes halogenated alkanes) is 6. The zero-order valence-electron chi connectivity index (χ0n) is 28.8. The third kappa shape index (κ3) is 4.50. The molecule has 9 rings (SSSR count). The van der Waals surface area contributed by atoms with E-state index in [9.17, 15) is 9.59 Å². The normalized spacial score (nSPS) is 13.1. The predicted octanol–water partition coefficient (Wildman–Crippen LogP) is 12.1. The van der Waals surface area contributed by atoms with E-state index >= 15 is 0 Å². The number of fused-ring (bicyclic) bond motifs is 6. The molecule has 0 bridgehead atoms. The maximum Gasteiger partial charge on any atom is 0.194 e. The van der Waals surface area contributed by atoms with Crippen molar-refractivity contribution in [3.05, 3.63) is 107 Å². The van der Waals surface area contributed by atoms with Gasteiger partial charge in [0, 0.05) is 38.6 Å². The highest BCUT2D eigenvalue weighted by atomic mass is 16.5. The highest BCUT2D eigenvalue weighted by molar-refractivity contribution is 6.41. The molecule has 0 radical (unpaired) electrons. The van der Waals surface area contributed by atoms with Gasteiger partial charge in [-0.15, -0.1) is 0 Å². The van der Waals surface area contributed by atoms with Crippen molar-refractivity contribution in [1.82, 2.24) is 0 Å². The first-order valence-corrected chi connectivity index (χ1v) is 18.4. The van der Waals surface area contributed by atoms with E-state index in [1.165, 1.54) is 19.3 Å². The maximum atomic E-state index is 14.4. The van der Waals surface area contributed by atoms with Gasteiger partial charge < -0.3 is 9.47 Å². The van der Waals surface area contributed by atoms with Gasteiger partial charge in [0.15, 0.2) is 23.1 Å². The van der Waals surface area contributed by atoms with Crippen LogP contribution in [0.1, 0.15) is 97.1 Å². The standard InChI is InChI=1S/C46H40O4/c1-3-5-7-11-25-49-38-24-23-37-43(46(38)50-26-12-8-6-4-2)34-20-17-30-29-16-15-28-27-13-9-10-14-33(27)44(47)35-21-18-31(39(29)41(28)35)32-19-22-36(45(37)48)42(34)40(30)32/h9-10,13-24H,3-8,11-12,25-26H2,1-2H3. The monoisotopic (exact) mass is 656 g/mol. The summed E-state index contributed by atoms with van der Waals surface area (Å²) in [6.45, 7) is 5.62. The molecule has 0 aromatic heterocycles. The Bertz CT molecular complexity index is 2480. The van der Waals surface area contributed by atoms with Crippen LogP contribution in [0, 0.1) is 0 Å². The van der Waals surface area contributed by atoms with Gasteiger partial charge in [-0.2, -0.15) is 0 Å². The third-order valence-electron chi connectivity index (χ3n) is 11.0. The summed E-state index contributed by atoms with van der Waals surface area (Å²) in [6.07, 6.45) is 8.87. The topological polar surface area (TPSA) is 52.6 Å². The molecule has 4 nitrogen and oxygen atoms in total. The van der Waals surface area contributed by atoms with Crippen molar-refractivity contribution in [1.29, 1.82) is 0 Å². The molecule has 0 unspecified atom stereocenters. The second-order valence-electron chi connectivity index (χ2n) is 14.0.